The Bertz CT molecular complexity index is 1100. The van der Waals surface area contributed by atoms with Crippen molar-refractivity contribution in [3.05, 3.63) is 53.7 Å². The van der Waals surface area contributed by atoms with Crippen LogP contribution in [0.1, 0.15) is 27.3 Å². The number of aromatic nitrogens is 2. The molecule has 1 aromatic heterocycles. The van der Waals surface area contributed by atoms with Crippen LogP contribution < -0.4 is 21.1 Å². The zero-order chi connectivity index (χ0) is 23.1. The van der Waals surface area contributed by atoms with Gasteiger partial charge >= 0.3 is 0 Å². The fourth-order valence-corrected chi connectivity index (χ4v) is 3.31. The van der Waals surface area contributed by atoms with Crippen LogP contribution in [-0.4, -0.2) is 64.7 Å². The number of aliphatic hydroxyl groups is 2. The topological polar surface area (TPSA) is 152 Å². The fraction of sp³-hybridized carbons (Fsp3) is 0.318. The molecule has 2 amide bonds. The van der Waals surface area contributed by atoms with Gasteiger partial charge in [0.25, 0.3) is 11.8 Å². The van der Waals surface area contributed by atoms with Crippen molar-refractivity contribution >= 4 is 28.4 Å². The molecule has 170 valence electrons. The van der Waals surface area contributed by atoms with Gasteiger partial charge in [0.2, 0.25) is 0 Å². The van der Waals surface area contributed by atoms with Crippen molar-refractivity contribution in [2.45, 2.75) is 19.1 Å². The lowest BCUT2D eigenvalue weighted by Crippen LogP contribution is -2.26. The van der Waals surface area contributed by atoms with E-state index in [1.807, 2.05) is 0 Å². The van der Waals surface area contributed by atoms with Crippen molar-refractivity contribution in [2.75, 3.05) is 32.1 Å². The van der Waals surface area contributed by atoms with Gasteiger partial charge < -0.3 is 31.3 Å². The second-order valence-electron chi connectivity index (χ2n) is 7.12. The van der Waals surface area contributed by atoms with Gasteiger partial charge in [0.15, 0.2) is 11.4 Å². The molecule has 0 aliphatic carbocycles. The van der Waals surface area contributed by atoms with Crippen LogP contribution in [0, 0.1) is 0 Å². The third kappa shape index (κ3) is 5.05. The molecule has 0 saturated carbocycles. The van der Waals surface area contributed by atoms with Crippen LogP contribution in [-0.2, 0) is 6.54 Å². The number of nitrogens with one attached hydrogen (secondary N) is 2. The van der Waals surface area contributed by atoms with Crippen molar-refractivity contribution in [2.24, 2.45) is 5.73 Å². The number of para-hydroxylation sites is 2. The molecule has 0 saturated heterocycles. The summed E-state index contributed by atoms with van der Waals surface area (Å²) >= 11 is 0. The van der Waals surface area contributed by atoms with Gasteiger partial charge in [-0.15, -0.1) is 0 Å². The maximum atomic E-state index is 13.1. The van der Waals surface area contributed by atoms with Gasteiger partial charge in [-0.2, -0.15) is 5.10 Å². The molecule has 10 heteroatoms. The molecule has 1 heterocycles. The Balaban J connectivity index is 1.90. The van der Waals surface area contributed by atoms with E-state index in [1.54, 1.807) is 42.5 Å². The summed E-state index contributed by atoms with van der Waals surface area (Å²) in [7, 11) is 1.42. The summed E-state index contributed by atoms with van der Waals surface area (Å²) in [5.74, 6) is -0.609. The highest BCUT2D eigenvalue weighted by Crippen LogP contribution is 2.30. The molecule has 2 aromatic carbocycles. The summed E-state index contributed by atoms with van der Waals surface area (Å²) in [6.45, 7) is 0.501. The number of fused-ring (bicyclic) bond motifs is 1. The lowest BCUT2D eigenvalue weighted by molar-refractivity contribution is 0.0790. The van der Waals surface area contributed by atoms with Crippen molar-refractivity contribution in [3.8, 4) is 5.75 Å². The predicted molar refractivity (Wildman–Crippen MR) is 120 cm³/mol. The van der Waals surface area contributed by atoms with Crippen LogP contribution >= 0.6 is 0 Å². The maximum Gasteiger partial charge on any atom is 0.276 e. The minimum absolute atomic E-state index is 0.0338. The van der Waals surface area contributed by atoms with E-state index in [0.29, 0.717) is 36.1 Å². The second-order valence-corrected chi connectivity index (χ2v) is 7.12. The van der Waals surface area contributed by atoms with Crippen LogP contribution in [0.25, 0.3) is 10.9 Å². The number of carbonyl (C=O) groups excluding carboxylic acids is 2. The summed E-state index contributed by atoms with van der Waals surface area (Å²) in [5.41, 5.74) is 6.85. The molecular weight excluding hydrogens is 414 g/mol. The highest BCUT2D eigenvalue weighted by molar-refractivity contribution is 6.12. The van der Waals surface area contributed by atoms with Crippen molar-refractivity contribution < 1.29 is 24.5 Å². The number of benzene rings is 2. The first-order chi connectivity index (χ1) is 15.5. The number of amides is 2. The lowest BCUT2D eigenvalue weighted by Gasteiger charge is -2.14. The normalized spacial score (nSPS) is 11.9. The summed E-state index contributed by atoms with van der Waals surface area (Å²) < 4.78 is 6.89. The number of nitrogens with zero attached hydrogens (tertiary/aromatic N) is 2. The minimum atomic E-state index is -1.01. The monoisotopic (exact) mass is 441 g/mol. The molecule has 1 unspecified atom stereocenters. The van der Waals surface area contributed by atoms with Crippen molar-refractivity contribution in [1.82, 2.24) is 15.1 Å². The van der Waals surface area contributed by atoms with Gasteiger partial charge in [-0.1, -0.05) is 24.3 Å². The van der Waals surface area contributed by atoms with Crippen LogP contribution in [0.2, 0.25) is 0 Å². The first-order valence-corrected chi connectivity index (χ1v) is 10.2. The molecular formula is C22H27N5O5. The van der Waals surface area contributed by atoms with Crippen molar-refractivity contribution in [1.29, 1.82) is 0 Å². The Labute approximate surface area is 185 Å². The zero-order valence-corrected chi connectivity index (χ0v) is 17.7. The first kappa shape index (κ1) is 23.2. The number of hydrogen-bond acceptors (Lipinski definition) is 7. The largest absolute Gasteiger partial charge is 0.494 e. The van der Waals surface area contributed by atoms with Crippen LogP contribution in [0.5, 0.6) is 5.75 Å². The van der Waals surface area contributed by atoms with Crippen LogP contribution in [0.3, 0.4) is 0 Å². The smallest absolute Gasteiger partial charge is 0.276 e. The highest BCUT2D eigenvalue weighted by atomic mass is 16.5. The fourth-order valence-electron chi connectivity index (χ4n) is 3.31. The molecule has 1 atom stereocenters. The van der Waals surface area contributed by atoms with Gasteiger partial charge in [-0.05, 0) is 31.2 Å². The third-order valence-corrected chi connectivity index (χ3v) is 4.85. The Kier molecular flexibility index (Phi) is 7.77. The molecule has 3 aromatic rings. The predicted octanol–water partition coefficient (Wildman–Crippen LogP) is 0.729. The van der Waals surface area contributed by atoms with Gasteiger partial charge in [-0.25, -0.2) is 0 Å². The number of carbonyl (C=O) groups is 2. The average Bonchev–Trinajstić information content (AvgIpc) is 3.17. The quantitative estimate of drug-likeness (QED) is 0.291. The number of aliphatic hydroxyl groups excluding tert-OH is 2. The van der Waals surface area contributed by atoms with Gasteiger partial charge in [0.05, 0.1) is 43.1 Å². The summed E-state index contributed by atoms with van der Waals surface area (Å²) in [4.78, 5) is 25.6. The summed E-state index contributed by atoms with van der Waals surface area (Å²) in [6, 6.07) is 12.0. The van der Waals surface area contributed by atoms with E-state index in [4.69, 9.17) is 15.6 Å². The van der Waals surface area contributed by atoms with Gasteiger partial charge in [-0.3, -0.25) is 14.3 Å². The molecule has 32 heavy (non-hydrogen) atoms. The number of anilines is 1. The molecule has 0 fully saturated rings. The maximum absolute atomic E-state index is 13.1. The molecule has 6 N–H and O–H groups in total. The lowest BCUT2D eigenvalue weighted by atomic mass is 10.1. The third-order valence-electron chi connectivity index (χ3n) is 4.85. The van der Waals surface area contributed by atoms with Crippen molar-refractivity contribution in [3.63, 3.8) is 0 Å². The SMILES string of the molecule is COc1c(NC(=O)c2nn(CC(O)CO)c3ccccc23)cccc1C(=O)NCCCN. The molecule has 0 radical (unpaired) electrons. The van der Waals surface area contributed by atoms with E-state index >= 15 is 0 Å². The number of hydrogen-bond donors (Lipinski definition) is 5. The van der Waals surface area contributed by atoms with Crippen LogP contribution in [0.15, 0.2) is 42.5 Å². The standard InChI is InChI=1S/C22H27N5O5/c1-32-20-16(21(30)24-11-5-10-23)7-4-8-17(20)25-22(31)19-15-6-2-3-9-18(15)27(26-19)12-14(29)13-28/h2-4,6-9,14,28-29H,5,10-13,23H2,1H3,(H,24,30)(H,25,31). The Morgan fingerprint density at radius 1 is 1.19 bits per heavy atom. The average molecular weight is 441 g/mol. The van der Waals surface area contributed by atoms with Crippen LogP contribution in [0.4, 0.5) is 5.69 Å². The van der Waals surface area contributed by atoms with E-state index in [1.165, 1.54) is 11.8 Å². The number of ether oxygens (including phenoxy) is 1. The Hall–Kier alpha value is -3.47. The first-order valence-electron chi connectivity index (χ1n) is 10.2. The molecule has 0 aliphatic rings. The van der Waals surface area contributed by atoms with E-state index in [0.717, 1.165) is 0 Å². The van der Waals surface area contributed by atoms with Gasteiger partial charge in [0.1, 0.15) is 0 Å². The number of methoxy groups -OCH3 is 1. The highest BCUT2D eigenvalue weighted by Gasteiger charge is 2.21. The molecule has 0 aliphatic heterocycles. The van der Waals surface area contributed by atoms with E-state index in [9.17, 15) is 14.7 Å². The second kappa shape index (κ2) is 10.7. The minimum Gasteiger partial charge on any atom is -0.494 e. The summed E-state index contributed by atoms with van der Waals surface area (Å²) in [5, 5.41) is 29.4. The Morgan fingerprint density at radius 3 is 2.69 bits per heavy atom. The van der Waals surface area contributed by atoms with E-state index in [2.05, 4.69) is 15.7 Å². The number of rotatable bonds is 10. The van der Waals surface area contributed by atoms with E-state index < -0.39 is 18.6 Å². The molecule has 10 nitrogen and oxygen atoms in total. The number of nitrogens with two attached hydrogens (primary N) is 1. The summed E-state index contributed by atoms with van der Waals surface area (Å²) in [6.07, 6.45) is -0.366. The Morgan fingerprint density at radius 2 is 1.97 bits per heavy atom. The van der Waals surface area contributed by atoms with Gasteiger partial charge in [0, 0.05) is 11.9 Å². The molecule has 3 rings (SSSR count). The molecule has 0 spiro atoms. The zero-order valence-electron chi connectivity index (χ0n) is 17.7. The molecule has 0 bridgehead atoms. The van der Waals surface area contributed by atoms with E-state index in [-0.39, 0.29) is 29.5 Å².